The van der Waals surface area contributed by atoms with E-state index in [2.05, 4.69) is 25.2 Å². The average Bonchev–Trinajstić information content (AvgIpc) is 2.60. The highest BCUT2D eigenvalue weighted by Crippen LogP contribution is 2.45. The number of carbonyl (C=O) groups excluding carboxylic acids is 2. The molecule has 0 saturated carbocycles. The van der Waals surface area contributed by atoms with Crippen LogP contribution in [0.2, 0.25) is 0 Å². The van der Waals surface area contributed by atoms with Gasteiger partial charge in [-0.1, -0.05) is 55.8 Å². The van der Waals surface area contributed by atoms with Gasteiger partial charge in [-0.3, -0.25) is 4.79 Å². The van der Waals surface area contributed by atoms with E-state index in [1.807, 2.05) is 44.2 Å². The standard InChI is InChI=1S/C24H29NO3/c1-6-28-23(27)21-16(3)25-18-13-24(4,5)14-19(26)22(18)20(21)15(2)12-17-10-8-7-9-11-17/h7-12,20,25H,6,13-14H2,1-5H3/b15-12-. The van der Waals surface area contributed by atoms with E-state index in [9.17, 15) is 9.59 Å². The van der Waals surface area contributed by atoms with Gasteiger partial charge < -0.3 is 10.1 Å². The molecule has 1 aliphatic carbocycles. The molecular formula is C24H29NO3. The fraction of sp³-hybridized carbons (Fsp3) is 0.417. The maximum Gasteiger partial charge on any atom is 0.336 e. The van der Waals surface area contributed by atoms with Gasteiger partial charge in [0, 0.05) is 29.3 Å². The number of benzene rings is 1. The lowest BCUT2D eigenvalue weighted by molar-refractivity contribution is -0.139. The Balaban J connectivity index is 2.13. The Hall–Kier alpha value is -2.62. The van der Waals surface area contributed by atoms with Crippen LogP contribution in [0.25, 0.3) is 6.08 Å². The predicted octanol–water partition coefficient (Wildman–Crippen LogP) is 4.79. The van der Waals surface area contributed by atoms with Crippen LogP contribution in [-0.4, -0.2) is 18.4 Å². The Morgan fingerprint density at radius 3 is 2.57 bits per heavy atom. The Kier molecular flexibility index (Phi) is 5.59. The van der Waals surface area contributed by atoms with Crippen molar-refractivity contribution < 1.29 is 14.3 Å². The zero-order chi connectivity index (χ0) is 20.5. The molecule has 0 saturated heterocycles. The fourth-order valence-electron chi connectivity index (χ4n) is 4.27. The number of ketones is 1. The summed E-state index contributed by atoms with van der Waals surface area (Å²) < 4.78 is 5.34. The van der Waals surface area contributed by atoms with Crippen LogP contribution in [0.1, 0.15) is 53.0 Å². The van der Waals surface area contributed by atoms with Crippen molar-refractivity contribution in [2.75, 3.05) is 6.61 Å². The summed E-state index contributed by atoms with van der Waals surface area (Å²) >= 11 is 0. The molecule has 2 aliphatic rings. The molecule has 1 aromatic rings. The molecule has 0 amide bonds. The molecule has 28 heavy (non-hydrogen) atoms. The lowest BCUT2D eigenvalue weighted by atomic mass is 9.68. The Morgan fingerprint density at radius 2 is 1.93 bits per heavy atom. The summed E-state index contributed by atoms with van der Waals surface area (Å²) in [5.74, 6) is -0.625. The number of carbonyl (C=O) groups is 2. The van der Waals surface area contributed by atoms with Crippen molar-refractivity contribution >= 4 is 17.8 Å². The largest absolute Gasteiger partial charge is 0.463 e. The molecule has 1 atom stereocenters. The zero-order valence-electron chi connectivity index (χ0n) is 17.4. The van der Waals surface area contributed by atoms with Gasteiger partial charge in [0.15, 0.2) is 5.78 Å². The predicted molar refractivity (Wildman–Crippen MR) is 111 cm³/mol. The van der Waals surface area contributed by atoms with Gasteiger partial charge >= 0.3 is 5.97 Å². The first-order valence-electron chi connectivity index (χ1n) is 9.88. The van der Waals surface area contributed by atoms with E-state index < -0.39 is 0 Å². The number of ether oxygens (including phenoxy) is 1. The summed E-state index contributed by atoms with van der Waals surface area (Å²) in [5, 5.41) is 3.35. The Morgan fingerprint density at radius 1 is 1.25 bits per heavy atom. The van der Waals surface area contributed by atoms with Gasteiger partial charge in [0.1, 0.15) is 0 Å². The van der Waals surface area contributed by atoms with E-state index >= 15 is 0 Å². The molecule has 1 aliphatic heterocycles. The van der Waals surface area contributed by atoms with Crippen LogP contribution in [0.4, 0.5) is 0 Å². The third-order valence-electron chi connectivity index (χ3n) is 5.38. The number of hydrogen-bond donors (Lipinski definition) is 1. The van der Waals surface area contributed by atoms with Crippen molar-refractivity contribution in [3.63, 3.8) is 0 Å². The van der Waals surface area contributed by atoms with Gasteiger partial charge in [-0.05, 0) is 38.2 Å². The smallest absolute Gasteiger partial charge is 0.336 e. The van der Waals surface area contributed by atoms with Gasteiger partial charge in [-0.25, -0.2) is 4.79 Å². The SMILES string of the molecule is CCOC(=O)C1=C(C)NC2=C(C(=O)CC(C)(C)C2)C1/C(C)=C\c1ccccc1. The summed E-state index contributed by atoms with van der Waals surface area (Å²) in [6, 6.07) is 9.97. The lowest BCUT2D eigenvalue weighted by Gasteiger charge is -2.39. The number of dihydropyridines is 1. The van der Waals surface area contributed by atoms with Crippen molar-refractivity contribution in [3.8, 4) is 0 Å². The van der Waals surface area contributed by atoms with Crippen molar-refractivity contribution in [1.29, 1.82) is 0 Å². The molecule has 1 aromatic carbocycles. The minimum atomic E-state index is -0.376. The van der Waals surface area contributed by atoms with Crippen LogP contribution < -0.4 is 5.32 Å². The zero-order valence-corrected chi connectivity index (χ0v) is 17.4. The maximum absolute atomic E-state index is 13.1. The van der Waals surface area contributed by atoms with Gasteiger partial charge in [-0.2, -0.15) is 0 Å². The minimum absolute atomic E-state index is 0.0910. The van der Waals surface area contributed by atoms with Crippen LogP contribution >= 0.6 is 0 Å². The van der Waals surface area contributed by atoms with Gasteiger partial charge in [-0.15, -0.1) is 0 Å². The first kappa shape index (κ1) is 20.1. The Bertz CT molecular complexity index is 888. The number of nitrogens with one attached hydrogen (secondary N) is 1. The molecule has 1 heterocycles. The van der Waals surface area contributed by atoms with Gasteiger partial charge in [0.25, 0.3) is 0 Å². The number of esters is 1. The van der Waals surface area contributed by atoms with Gasteiger partial charge in [0.2, 0.25) is 0 Å². The van der Waals surface area contributed by atoms with Crippen LogP contribution in [-0.2, 0) is 14.3 Å². The highest BCUT2D eigenvalue weighted by Gasteiger charge is 2.42. The molecule has 0 fully saturated rings. The van der Waals surface area contributed by atoms with Crippen molar-refractivity contribution in [2.45, 2.75) is 47.5 Å². The van der Waals surface area contributed by atoms with Crippen LogP contribution in [0.3, 0.4) is 0 Å². The molecule has 1 N–H and O–H groups in total. The minimum Gasteiger partial charge on any atom is -0.463 e. The highest BCUT2D eigenvalue weighted by atomic mass is 16.5. The van der Waals surface area contributed by atoms with E-state index in [0.717, 1.165) is 34.5 Å². The normalized spacial score (nSPS) is 22.0. The highest BCUT2D eigenvalue weighted by molar-refractivity contribution is 6.03. The molecule has 0 bridgehead atoms. The monoisotopic (exact) mass is 379 g/mol. The molecule has 3 rings (SSSR count). The van der Waals surface area contributed by atoms with E-state index in [4.69, 9.17) is 4.74 Å². The van der Waals surface area contributed by atoms with Crippen LogP contribution in [0.15, 0.2) is 58.4 Å². The van der Waals surface area contributed by atoms with E-state index in [0.29, 0.717) is 18.6 Å². The van der Waals surface area contributed by atoms with Gasteiger partial charge in [0.05, 0.1) is 12.2 Å². The maximum atomic E-state index is 13.1. The number of hydrogen-bond acceptors (Lipinski definition) is 4. The number of allylic oxidation sites excluding steroid dienone is 4. The average molecular weight is 380 g/mol. The van der Waals surface area contributed by atoms with Crippen molar-refractivity contribution in [1.82, 2.24) is 5.32 Å². The third-order valence-corrected chi connectivity index (χ3v) is 5.38. The van der Waals surface area contributed by atoms with E-state index in [1.165, 1.54) is 0 Å². The summed E-state index contributed by atoms with van der Waals surface area (Å²) in [4.78, 5) is 25.9. The molecule has 0 radical (unpaired) electrons. The second-order valence-corrected chi connectivity index (χ2v) is 8.45. The lowest BCUT2D eigenvalue weighted by Crippen LogP contribution is -2.39. The topological polar surface area (TPSA) is 55.4 Å². The molecule has 148 valence electrons. The van der Waals surface area contributed by atoms with Crippen LogP contribution in [0.5, 0.6) is 0 Å². The quantitative estimate of drug-likeness (QED) is 0.764. The first-order valence-corrected chi connectivity index (χ1v) is 9.88. The summed E-state index contributed by atoms with van der Waals surface area (Å²) in [7, 11) is 0. The van der Waals surface area contributed by atoms with Crippen molar-refractivity contribution in [3.05, 3.63) is 64.0 Å². The van der Waals surface area contributed by atoms with Crippen LogP contribution in [0, 0.1) is 11.3 Å². The molecule has 1 unspecified atom stereocenters. The second kappa shape index (κ2) is 7.78. The molecule has 0 spiro atoms. The van der Waals surface area contributed by atoms with E-state index in [-0.39, 0.29) is 23.1 Å². The molecule has 4 heteroatoms. The van der Waals surface area contributed by atoms with Crippen molar-refractivity contribution in [2.24, 2.45) is 11.3 Å². The Labute approximate surface area is 167 Å². The summed E-state index contributed by atoms with van der Waals surface area (Å²) in [6.07, 6.45) is 3.33. The summed E-state index contributed by atoms with van der Waals surface area (Å²) in [5.41, 5.74) is 4.90. The fourth-order valence-corrected chi connectivity index (χ4v) is 4.27. The molecule has 0 aromatic heterocycles. The molecular weight excluding hydrogens is 350 g/mol. The van der Waals surface area contributed by atoms with E-state index in [1.54, 1.807) is 6.92 Å². The second-order valence-electron chi connectivity index (χ2n) is 8.45. The number of rotatable bonds is 4. The molecule has 4 nitrogen and oxygen atoms in total. The first-order chi connectivity index (χ1) is 13.2. The third kappa shape index (κ3) is 3.96. The summed E-state index contributed by atoms with van der Waals surface area (Å²) in [6.45, 7) is 10.2. The number of Topliss-reactive ketones (excluding diaryl/α,β-unsaturated/α-hetero) is 1.